The molecule has 0 bridgehead atoms. The first-order valence-electron chi connectivity index (χ1n) is 7.38. The Hall–Kier alpha value is -0.910. The van der Waals surface area contributed by atoms with Crippen LogP contribution >= 0.6 is 0 Å². The summed E-state index contributed by atoms with van der Waals surface area (Å²) in [5.41, 5.74) is 0.850. The highest BCUT2D eigenvalue weighted by atomic mass is 32.2. The lowest BCUT2D eigenvalue weighted by Crippen LogP contribution is -2.26. The van der Waals surface area contributed by atoms with E-state index in [2.05, 4.69) is 4.72 Å². The quantitative estimate of drug-likeness (QED) is 0.725. The highest BCUT2D eigenvalue weighted by Gasteiger charge is 2.18. The topological polar surface area (TPSA) is 66.4 Å². The SMILES string of the molecule is CC(C)c1cccc(S(=O)(=O)NCCCC(C)(C)CO)c1. The van der Waals surface area contributed by atoms with Crippen LogP contribution in [0.3, 0.4) is 0 Å². The number of rotatable bonds is 8. The van der Waals surface area contributed by atoms with Crippen molar-refractivity contribution in [3.05, 3.63) is 29.8 Å². The third kappa shape index (κ3) is 5.77. The van der Waals surface area contributed by atoms with Crippen LogP contribution in [0.5, 0.6) is 0 Å². The molecule has 0 aliphatic heterocycles. The monoisotopic (exact) mass is 313 g/mol. The first-order valence-corrected chi connectivity index (χ1v) is 8.87. The highest BCUT2D eigenvalue weighted by molar-refractivity contribution is 7.89. The molecule has 0 aromatic heterocycles. The molecule has 1 aromatic rings. The van der Waals surface area contributed by atoms with Gasteiger partial charge in [-0.05, 0) is 41.9 Å². The minimum absolute atomic E-state index is 0.107. The van der Waals surface area contributed by atoms with E-state index in [1.807, 2.05) is 33.8 Å². The number of hydrogen-bond acceptors (Lipinski definition) is 3. The van der Waals surface area contributed by atoms with E-state index < -0.39 is 10.0 Å². The number of nitrogens with one attached hydrogen (secondary N) is 1. The van der Waals surface area contributed by atoms with Crippen LogP contribution in [0.4, 0.5) is 0 Å². The molecular formula is C16H27NO3S. The van der Waals surface area contributed by atoms with E-state index in [-0.39, 0.29) is 12.0 Å². The molecule has 2 N–H and O–H groups in total. The Kier molecular flexibility index (Phi) is 6.38. The second kappa shape index (κ2) is 7.38. The second-order valence-electron chi connectivity index (χ2n) is 6.55. The maximum atomic E-state index is 12.2. The van der Waals surface area contributed by atoms with Crippen molar-refractivity contribution in [2.75, 3.05) is 13.2 Å². The molecule has 0 amide bonds. The van der Waals surface area contributed by atoms with Crippen LogP contribution in [0.15, 0.2) is 29.2 Å². The van der Waals surface area contributed by atoms with Crippen molar-refractivity contribution in [2.24, 2.45) is 5.41 Å². The molecule has 1 aromatic carbocycles. The first-order chi connectivity index (χ1) is 9.68. The third-order valence-electron chi connectivity index (χ3n) is 3.59. The Balaban J connectivity index is 2.64. The predicted molar refractivity (Wildman–Crippen MR) is 85.8 cm³/mol. The number of sulfonamides is 1. The number of benzene rings is 1. The molecule has 0 heterocycles. The van der Waals surface area contributed by atoms with Crippen molar-refractivity contribution in [2.45, 2.75) is 51.3 Å². The standard InChI is InChI=1S/C16H27NO3S/c1-13(2)14-7-5-8-15(11-14)21(19,20)17-10-6-9-16(3,4)12-18/h5,7-8,11,13,17-18H,6,9-10,12H2,1-4H3. The van der Waals surface area contributed by atoms with Crippen molar-refractivity contribution in [3.8, 4) is 0 Å². The van der Waals surface area contributed by atoms with Gasteiger partial charge in [-0.25, -0.2) is 13.1 Å². The Morgan fingerprint density at radius 3 is 2.52 bits per heavy atom. The van der Waals surface area contributed by atoms with Crippen molar-refractivity contribution >= 4 is 10.0 Å². The number of aliphatic hydroxyl groups is 1. The van der Waals surface area contributed by atoms with E-state index in [4.69, 9.17) is 0 Å². The lowest BCUT2D eigenvalue weighted by atomic mass is 9.89. The molecule has 21 heavy (non-hydrogen) atoms. The highest BCUT2D eigenvalue weighted by Crippen LogP contribution is 2.21. The van der Waals surface area contributed by atoms with Gasteiger partial charge in [0.1, 0.15) is 0 Å². The van der Waals surface area contributed by atoms with Crippen LogP contribution in [0.2, 0.25) is 0 Å². The molecule has 0 saturated carbocycles. The summed E-state index contributed by atoms with van der Waals surface area (Å²) >= 11 is 0. The summed E-state index contributed by atoms with van der Waals surface area (Å²) in [6.45, 7) is 8.50. The second-order valence-corrected chi connectivity index (χ2v) is 8.32. The summed E-state index contributed by atoms with van der Waals surface area (Å²) in [6, 6.07) is 7.06. The van der Waals surface area contributed by atoms with E-state index in [0.29, 0.717) is 23.8 Å². The van der Waals surface area contributed by atoms with E-state index in [1.165, 1.54) is 0 Å². The average Bonchev–Trinajstić information content (AvgIpc) is 2.44. The van der Waals surface area contributed by atoms with Gasteiger partial charge in [0.15, 0.2) is 0 Å². The minimum Gasteiger partial charge on any atom is -0.396 e. The molecule has 0 unspecified atom stereocenters. The Morgan fingerprint density at radius 1 is 1.29 bits per heavy atom. The van der Waals surface area contributed by atoms with Gasteiger partial charge in [0.2, 0.25) is 10.0 Å². The Morgan fingerprint density at radius 2 is 1.95 bits per heavy atom. The fourth-order valence-corrected chi connectivity index (χ4v) is 3.11. The van der Waals surface area contributed by atoms with Gasteiger partial charge in [0, 0.05) is 13.2 Å². The molecule has 0 aliphatic rings. The van der Waals surface area contributed by atoms with E-state index in [9.17, 15) is 13.5 Å². The van der Waals surface area contributed by atoms with Crippen LogP contribution in [-0.4, -0.2) is 26.7 Å². The summed E-state index contributed by atoms with van der Waals surface area (Å²) < 4.78 is 27.1. The lowest BCUT2D eigenvalue weighted by molar-refractivity contribution is 0.148. The van der Waals surface area contributed by atoms with Crippen LogP contribution in [0.1, 0.15) is 52.0 Å². The maximum Gasteiger partial charge on any atom is 0.240 e. The van der Waals surface area contributed by atoms with Crippen molar-refractivity contribution in [1.29, 1.82) is 0 Å². The van der Waals surface area contributed by atoms with Gasteiger partial charge >= 0.3 is 0 Å². The van der Waals surface area contributed by atoms with Crippen LogP contribution < -0.4 is 4.72 Å². The molecule has 0 spiro atoms. The van der Waals surface area contributed by atoms with Gasteiger partial charge in [-0.3, -0.25) is 0 Å². The minimum atomic E-state index is -3.45. The fourth-order valence-electron chi connectivity index (χ4n) is 1.98. The largest absolute Gasteiger partial charge is 0.396 e. The van der Waals surface area contributed by atoms with Crippen LogP contribution in [-0.2, 0) is 10.0 Å². The van der Waals surface area contributed by atoms with E-state index in [0.717, 1.165) is 12.0 Å². The predicted octanol–water partition coefficient (Wildman–Crippen LogP) is 2.89. The van der Waals surface area contributed by atoms with Gasteiger partial charge in [0.05, 0.1) is 4.90 Å². The zero-order valence-corrected chi connectivity index (χ0v) is 14.2. The van der Waals surface area contributed by atoms with Crippen LogP contribution in [0.25, 0.3) is 0 Å². The molecule has 1 rings (SSSR count). The lowest BCUT2D eigenvalue weighted by Gasteiger charge is -2.21. The maximum absolute atomic E-state index is 12.2. The number of hydrogen-bond donors (Lipinski definition) is 2. The van der Waals surface area contributed by atoms with E-state index >= 15 is 0 Å². The van der Waals surface area contributed by atoms with Gasteiger partial charge in [-0.2, -0.15) is 0 Å². The van der Waals surface area contributed by atoms with Crippen molar-refractivity contribution < 1.29 is 13.5 Å². The van der Waals surface area contributed by atoms with Gasteiger partial charge < -0.3 is 5.11 Å². The molecule has 0 aliphatic carbocycles. The summed E-state index contributed by atoms with van der Waals surface area (Å²) in [6.07, 6.45) is 1.48. The first kappa shape index (κ1) is 18.1. The van der Waals surface area contributed by atoms with Crippen molar-refractivity contribution in [1.82, 2.24) is 4.72 Å². The summed E-state index contributed by atoms with van der Waals surface area (Å²) in [5.74, 6) is 0.297. The molecule has 4 nitrogen and oxygen atoms in total. The average molecular weight is 313 g/mol. The summed E-state index contributed by atoms with van der Waals surface area (Å²) in [7, 11) is -3.45. The summed E-state index contributed by atoms with van der Waals surface area (Å²) in [5, 5.41) is 9.18. The van der Waals surface area contributed by atoms with E-state index in [1.54, 1.807) is 18.2 Å². The van der Waals surface area contributed by atoms with Crippen molar-refractivity contribution in [3.63, 3.8) is 0 Å². The fraction of sp³-hybridized carbons (Fsp3) is 0.625. The zero-order chi connectivity index (χ0) is 16.1. The molecular weight excluding hydrogens is 286 g/mol. The Bertz CT molecular complexity index is 550. The summed E-state index contributed by atoms with van der Waals surface area (Å²) in [4.78, 5) is 0.315. The molecule has 5 heteroatoms. The Labute approximate surface area is 128 Å². The molecule has 0 fully saturated rings. The number of aliphatic hydroxyl groups excluding tert-OH is 1. The molecule has 0 saturated heterocycles. The molecule has 120 valence electrons. The van der Waals surface area contributed by atoms with Gasteiger partial charge in [0.25, 0.3) is 0 Å². The van der Waals surface area contributed by atoms with Crippen LogP contribution in [0, 0.1) is 5.41 Å². The normalized spacial score (nSPS) is 12.9. The molecule has 0 radical (unpaired) electrons. The third-order valence-corrected chi connectivity index (χ3v) is 5.04. The van der Waals surface area contributed by atoms with Gasteiger partial charge in [-0.1, -0.05) is 39.8 Å². The van der Waals surface area contributed by atoms with Gasteiger partial charge in [-0.15, -0.1) is 0 Å². The zero-order valence-electron chi connectivity index (χ0n) is 13.4. The molecule has 0 atom stereocenters. The smallest absolute Gasteiger partial charge is 0.240 e.